The molecular formula is C19H25Cl2N3O5S. The van der Waals surface area contributed by atoms with Gasteiger partial charge in [-0.1, -0.05) is 23.2 Å². The first-order chi connectivity index (χ1) is 14.2. The monoisotopic (exact) mass is 477 g/mol. The molecule has 0 aromatic heterocycles. The topological polar surface area (TPSA) is 87.2 Å². The first kappa shape index (κ1) is 23.1. The summed E-state index contributed by atoms with van der Waals surface area (Å²) >= 11 is 12.0. The molecular weight excluding hydrogens is 453 g/mol. The van der Waals surface area contributed by atoms with Crippen LogP contribution in [0.2, 0.25) is 10.0 Å². The largest absolute Gasteiger partial charge is 0.453 e. The Bertz CT molecular complexity index is 903. The number of carbonyl (C=O) groups is 2. The van der Waals surface area contributed by atoms with Gasteiger partial charge in [0.1, 0.15) is 4.90 Å². The molecule has 0 spiro atoms. The fraction of sp³-hybridized carbons (Fsp3) is 0.579. The third kappa shape index (κ3) is 5.01. The number of amides is 2. The van der Waals surface area contributed by atoms with Gasteiger partial charge in [0.2, 0.25) is 15.9 Å². The number of nitrogens with zero attached hydrogens (tertiary/aromatic N) is 3. The van der Waals surface area contributed by atoms with Gasteiger partial charge in [-0.3, -0.25) is 4.79 Å². The van der Waals surface area contributed by atoms with Crippen LogP contribution in [0.5, 0.6) is 0 Å². The maximum atomic E-state index is 13.0. The SMILES string of the molecule is COC(=O)N1CCCN(C(=O)C2CCN(S(=O)(=O)c3cc(Cl)ccc3Cl)CC2)CC1. The Balaban J connectivity index is 1.60. The Kier molecular flexibility index (Phi) is 7.49. The molecule has 30 heavy (non-hydrogen) atoms. The normalized spacial score (nSPS) is 19.4. The summed E-state index contributed by atoms with van der Waals surface area (Å²) in [6.45, 7) is 2.48. The number of rotatable bonds is 3. The molecule has 1 aromatic carbocycles. The van der Waals surface area contributed by atoms with Crippen molar-refractivity contribution in [2.75, 3.05) is 46.4 Å². The van der Waals surface area contributed by atoms with Crippen molar-refractivity contribution in [3.05, 3.63) is 28.2 Å². The average molecular weight is 478 g/mol. The molecule has 8 nitrogen and oxygen atoms in total. The molecule has 2 aliphatic heterocycles. The Morgan fingerprint density at radius 3 is 2.30 bits per heavy atom. The maximum absolute atomic E-state index is 13.0. The molecule has 2 saturated heterocycles. The Morgan fingerprint density at radius 2 is 1.63 bits per heavy atom. The highest BCUT2D eigenvalue weighted by molar-refractivity contribution is 7.89. The van der Waals surface area contributed by atoms with Crippen molar-refractivity contribution in [3.8, 4) is 0 Å². The van der Waals surface area contributed by atoms with E-state index in [1.165, 1.54) is 29.6 Å². The molecule has 2 fully saturated rings. The van der Waals surface area contributed by atoms with E-state index in [0.29, 0.717) is 50.5 Å². The number of halogens is 2. The van der Waals surface area contributed by atoms with Crippen molar-refractivity contribution in [3.63, 3.8) is 0 Å². The fourth-order valence-corrected chi connectivity index (χ4v) is 6.07. The van der Waals surface area contributed by atoms with Crippen LogP contribution in [0.1, 0.15) is 19.3 Å². The first-order valence-electron chi connectivity index (χ1n) is 9.81. The number of methoxy groups -OCH3 is 1. The van der Waals surface area contributed by atoms with Gasteiger partial charge in [0, 0.05) is 50.2 Å². The number of benzene rings is 1. The predicted octanol–water partition coefficient (Wildman–Crippen LogP) is 2.69. The molecule has 0 atom stereocenters. The summed E-state index contributed by atoms with van der Waals surface area (Å²) in [4.78, 5) is 28.0. The minimum absolute atomic E-state index is 0.0135. The molecule has 2 amide bonds. The highest BCUT2D eigenvalue weighted by atomic mass is 35.5. The molecule has 2 aliphatic rings. The van der Waals surface area contributed by atoms with Gasteiger partial charge in [0.05, 0.1) is 12.1 Å². The van der Waals surface area contributed by atoms with Crippen molar-refractivity contribution in [1.29, 1.82) is 0 Å². The number of sulfonamides is 1. The van der Waals surface area contributed by atoms with E-state index in [4.69, 9.17) is 27.9 Å². The molecule has 0 radical (unpaired) electrons. The van der Waals surface area contributed by atoms with Crippen molar-refractivity contribution in [2.45, 2.75) is 24.2 Å². The number of piperidine rings is 1. The van der Waals surface area contributed by atoms with Crippen LogP contribution in [0.3, 0.4) is 0 Å². The Hall–Kier alpha value is -1.55. The number of hydrogen-bond acceptors (Lipinski definition) is 5. The van der Waals surface area contributed by atoms with Crippen LogP contribution < -0.4 is 0 Å². The summed E-state index contributed by atoms with van der Waals surface area (Å²) in [5.74, 6) is -0.226. The van der Waals surface area contributed by atoms with Crippen LogP contribution in [0.15, 0.2) is 23.1 Å². The summed E-state index contributed by atoms with van der Waals surface area (Å²) in [5, 5.41) is 0.419. The third-order valence-electron chi connectivity index (χ3n) is 5.55. The zero-order valence-corrected chi connectivity index (χ0v) is 19.0. The molecule has 2 heterocycles. The Morgan fingerprint density at radius 1 is 1.00 bits per heavy atom. The lowest BCUT2D eigenvalue weighted by molar-refractivity contribution is -0.136. The van der Waals surface area contributed by atoms with Gasteiger partial charge in [-0.15, -0.1) is 0 Å². The van der Waals surface area contributed by atoms with Crippen molar-refractivity contribution >= 4 is 45.2 Å². The molecule has 166 valence electrons. The lowest BCUT2D eigenvalue weighted by Crippen LogP contribution is -2.45. The van der Waals surface area contributed by atoms with Gasteiger partial charge in [-0.2, -0.15) is 4.31 Å². The van der Waals surface area contributed by atoms with Gasteiger partial charge >= 0.3 is 6.09 Å². The van der Waals surface area contributed by atoms with E-state index in [-0.39, 0.29) is 40.9 Å². The van der Waals surface area contributed by atoms with E-state index in [0.717, 1.165) is 0 Å². The van der Waals surface area contributed by atoms with E-state index in [9.17, 15) is 18.0 Å². The van der Waals surface area contributed by atoms with Gasteiger partial charge < -0.3 is 14.5 Å². The highest BCUT2D eigenvalue weighted by Crippen LogP contribution is 2.31. The van der Waals surface area contributed by atoms with E-state index >= 15 is 0 Å². The summed E-state index contributed by atoms with van der Waals surface area (Å²) < 4.78 is 32.0. The number of hydrogen-bond donors (Lipinski definition) is 0. The van der Waals surface area contributed by atoms with Gasteiger partial charge in [-0.25, -0.2) is 13.2 Å². The lowest BCUT2D eigenvalue weighted by atomic mass is 9.96. The van der Waals surface area contributed by atoms with Crippen LogP contribution in [0.25, 0.3) is 0 Å². The highest BCUT2D eigenvalue weighted by Gasteiger charge is 2.35. The summed E-state index contributed by atoms with van der Waals surface area (Å²) in [5.41, 5.74) is 0. The van der Waals surface area contributed by atoms with Crippen LogP contribution in [-0.4, -0.2) is 80.9 Å². The van der Waals surface area contributed by atoms with Gasteiger partial charge in [0.15, 0.2) is 0 Å². The maximum Gasteiger partial charge on any atom is 0.409 e. The number of carbonyl (C=O) groups excluding carboxylic acids is 2. The summed E-state index contributed by atoms with van der Waals surface area (Å²) in [7, 11) is -2.44. The predicted molar refractivity (Wildman–Crippen MR) is 113 cm³/mol. The summed E-state index contributed by atoms with van der Waals surface area (Å²) in [6.07, 6.45) is 1.17. The first-order valence-corrected chi connectivity index (χ1v) is 12.0. The smallest absolute Gasteiger partial charge is 0.409 e. The Labute approximate surface area is 186 Å². The van der Waals surface area contributed by atoms with E-state index in [1.807, 2.05) is 0 Å². The molecule has 0 unspecified atom stereocenters. The van der Waals surface area contributed by atoms with E-state index in [1.54, 1.807) is 9.80 Å². The summed E-state index contributed by atoms with van der Waals surface area (Å²) in [6, 6.07) is 4.35. The van der Waals surface area contributed by atoms with Crippen molar-refractivity contribution < 1.29 is 22.7 Å². The van der Waals surface area contributed by atoms with Gasteiger partial charge in [-0.05, 0) is 37.5 Å². The van der Waals surface area contributed by atoms with Crippen LogP contribution in [-0.2, 0) is 19.6 Å². The second-order valence-corrected chi connectivity index (χ2v) is 10.1. The molecule has 0 saturated carbocycles. The molecule has 3 rings (SSSR count). The second kappa shape index (κ2) is 9.72. The minimum atomic E-state index is -3.78. The van der Waals surface area contributed by atoms with Crippen LogP contribution in [0.4, 0.5) is 4.79 Å². The van der Waals surface area contributed by atoms with Crippen molar-refractivity contribution in [1.82, 2.24) is 14.1 Å². The molecule has 0 bridgehead atoms. The van der Waals surface area contributed by atoms with Crippen molar-refractivity contribution in [2.24, 2.45) is 5.92 Å². The zero-order valence-electron chi connectivity index (χ0n) is 16.7. The number of ether oxygens (including phenoxy) is 1. The zero-order chi connectivity index (χ0) is 21.9. The second-order valence-electron chi connectivity index (χ2n) is 7.39. The van der Waals surface area contributed by atoms with Gasteiger partial charge in [0.25, 0.3) is 0 Å². The fourth-order valence-electron chi connectivity index (χ4n) is 3.86. The average Bonchev–Trinajstić information content (AvgIpc) is 3.00. The molecule has 11 heteroatoms. The van der Waals surface area contributed by atoms with E-state index in [2.05, 4.69) is 0 Å². The molecule has 0 N–H and O–H groups in total. The van der Waals surface area contributed by atoms with E-state index < -0.39 is 10.0 Å². The standard InChI is InChI=1S/C19H25Cl2N3O5S/c1-29-19(26)23-8-2-7-22(11-12-23)18(25)14-5-9-24(10-6-14)30(27,28)17-13-15(20)3-4-16(17)21/h3-4,13-14H,2,5-12H2,1H3. The lowest BCUT2D eigenvalue weighted by Gasteiger charge is -2.33. The molecule has 0 aliphatic carbocycles. The molecule has 1 aromatic rings. The minimum Gasteiger partial charge on any atom is -0.453 e. The van der Waals surface area contributed by atoms with Crippen LogP contribution >= 0.6 is 23.2 Å². The third-order valence-corrected chi connectivity index (χ3v) is 8.17. The van der Waals surface area contributed by atoms with Crippen LogP contribution in [0, 0.1) is 5.92 Å². The quantitative estimate of drug-likeness (QED) is 0.667.